The quantitative estimate of drug-likeness (QED) is 0.175. The first-order valence-corrected chi connectivity index (χ1v) is 12.0. The molecule has 5 nitrogen and oxygen atoms in total. The summed E-state index contributed by atoms with van der Waals surface area (Å²) in [5, 5.41) is 4.62. The molecule has 0 saturated carbocycles. The highest BCUT2D eigenvalue weighted by atomic mass is 31.1. The Labute approximate surface area is 197 Å². The molecule has 2 aliphatic rings. The second kappa shape index (κ2) is 7.24. The van der Waals surface area contributed by atoms with Crippen LogP contribution in [0.1, 0.15) is 36.6 Å². The Morgan fingerprint density at radius 2 is 1.63 bits per heavy atom. The van der Waals surface area contributed by atoms with Crippen molar-refractivity contribution in [3.8, 4) is 17.1 Å². The van der Waals surface area contributed by atoms with E-state index in [2.05, 4.69) is 20.1 Å². The number of rotatable bonds is 0. The Balaban J connectivity index is 1.68. The van der Waals surface area contributed by atoms with Crippen LogP contribution in [0.15, 0.2) is 54.3 Å². The van der Waals surface area contributed by atoms with Crippen molar-refractivity contribution in [2.75, 3.05) is 0 Å². The van der Waals surface area contributed by atoms with Crippen LogP contribution < -0.4 is 5.30 Å². The van der Waals surface area contributed by atoms with Crippen LogP contribution in [0, 0.1) is 11.9 Å². The van der Waals surface area contributed by atoms with Gasteiger partial charge in [-0.15, -0.1) is 0 Å². The SMILES string of the molecule is CC1(C)c2cccc(n2)-c2c(cc(F)nc2F)P2C=C2c2cc(C(F)(F)F)nn2-c2cccc1n2. The molecule has 4 aromatic rings. The van der Waals surface area contributed by atoms with Crippen molar-refractivity contribution in [2.24, 2.45) is 0 Å². The third-order valence-corrected chi connectivity index (χ3v) is 8.11. The molecule has 0 fully saturated rings. The second-order valence-electron chi connectivity index (χ2n) is 8.75. The summed E-state index contributed by atoms with van der Waals surface area (Å²) in [5.74, 6) is -0.138. The van der Waals surface area contributed by atoms with E-state index in [9.17, 15) is 17.6 Å². The molecule has 35 heavy (non-hydrogen) atoms. The maximum absolute atomic E-state index is 15.1. The Hall–Kier alpha value is -3.52. The summed E-state index contributed by atoms with van der Waals surface area (Å²) in [6, 6.07) is 12.2. The molecular formula is C24H15F5N5P. The van der Waals surface area contributed by atoms with Crippen LogP contribution in [0.3, 0.4) is 0 Å². The normalized spacial score (nSPS) is 17.7. The number of nitrogens with zero attached hydrogens (tertiary/aromatic N) is 5. The third-order valence-electron chi connectivity index (χ3n) is 6.13. The Morgan fingerprint density at radius 3 is 2.37 bits per heavy atom. The van der Waals surface area contributed by atoms with Crippen LogP contribution in [0.5, 0.6) is 0 Å². The van der Waals surface area contributed by atoms with Gasteiger partial charge in [0, 0.05) is 22.1 Å². The van der Waals surface area contributed by atoms with Crippen LogP contribution in [-0.2, 0) is 11.6 Å². The molecular weight excluding hydrogens is 484 g/mol. The first-order chi connectivity index (χ1) is 16.5. The molecule has 4 bridgehead atoms. The van der Waals surface area contributed by atoms with Gasteiger partial charge in [-0.3, -0.25) is 4.98 Å². The summed E-state index contributed by atoms with van der Waals surface area (Å²) in [4.78, 5) is 12.7. The van der Waals surface area contributed by atoms with E-state index in [0.29, 0.717) is 22.0 Å². The number of halogens is 5. The first-order valence-electron chi connectivity index (χ1n) is 10.5. The van der Waals surface area contributed by atoms with E-state index in [1.165, 1.54) is 0 Å². The van der Waals surface area contributed by atoms with Gasteiger partial charge < -0.3 is 0 Å². The van der Waals surface area contributed by atoms with E-state index in [1.807, 2.05) is 13.8 Å². The highest BCUT2D eigenvalue weighted by Gasteiger charge is 2.40. The number of hydrogen-bond donors (Lipinski definition) is 0. The van der Waals surface area contributed by atoms with Crippen molar-refractivity contribution in [1.82, 2.24) is 24.7 Å². The van der Waals surface area contributed by atoms with Crippen molar-refractivity contribution in [2.45, 2.75) is 25.4 Å². The van der Waals surface area contributed by atoms with Crippen molar-refractivity contribution in [3.05, 3.63) is 89.0 Å². The summed E-state index contributed by atoms with van der Waals surface area (Å²) in [7, 11) is -1.43. The number of pyridine rings is 3. The second-order valence-corrected chi connectivity index (χ2v) is 10.7. The molecule has 11 heteroatoms. The molecule has 0 amide bonds. The maximum atomic E-state index is 15.1. The van der Waals surface area contributed by atoms with E-state index in [1.54, 1.807) is 42.2 Å². The Morgan fingerprint density at radius 1 is 0.914 bits per heavy atom. The molecule has 0 aromatic carbocycles. The molecule has 176 valence electrons. The van der Waals surface area contributed by atoms with Crippen molar-refractivity contribution in [1.29, 1.82) is 0 Å². The predicted octanol–water partition coefficient (Wildman–Crippen LogP) is 5.78. The van der Waals surface area contributed by atoms with E-state index >= 15 is 4.39 Å². The Kier molecular flexibility index (Phi) is 4.55. The molecule has 6 rings (SSSR count). The largest absolute Gasteiger partial charge is 0.435 e. The van der Waals surface area contributed by atoms with Gasteiger partial charge in [-0.25, -0.2) is 9.67 Å². The average molecular weight is 499 g/mol. The molecule has 0 saturated heterocycles. The minimum Gasteiger partial charge on any atom is -0.252 e. The summed E-state index contributed by atoms with van der Waals surface area (Å²) in [5.41, 5.74) is -0.306. The number of alkyl halides is 3. The number of aromatic nitrogens is 5. The highest BCUT2D eigenvalue weighted by Crippen LogP contribution is 2.67. The molecule has 0 radical (unpaired) electrons. The first kappa shape index (κ1) is 22.0. The molecule has 1 atom stereocenters. The van der Waals surface area contributed by atoms with Gasteiger partial charge in [-0.1, -0.05) is 12.1 Å². The van der Waals surface area contributed by atoms with Crippen LogP contribution in [0.4, 0.5) is 22.0 Å². The van der Waals surface area contributed by atoms with Gasteiger partial charge in [-0.2, -0.15) is 32.0 Å². The molecule has 4 aromatic heterocycles. The smallest absolute Gasteiger partial charge is 0.252 e. The summed E-state index contributed by atoms with van der Waals surface area (Å²) in [6.45, 7) is 3.72. The fourth-order valence-corrected chi connectivity index (χ4v) is 6.19. The topological polar surface area (TPSA) is 56.5 Å². The van der Waals surface area contributed by atoms with Crippen molar-refractivity contribution < 1.29 is 22.0 Å². The van der Waals surface area contributed by atoms with E-state index in [4.69, 9.17) is 0 Å². The maximum Gasteiger partial charge on any atom is 0.435 e. The lowest BCUT2D eigenvalue weighted by Crippen LogP contribution is -2.23. The van der Waals surface area contributed by atoms with Gasteiger partial charge in [0.05, 0.1) is 28.3 Å². The zero-order valence-corrected chi connectivity index (χ0v) is 19.2. The Bertz CT molecular complexity index is 1560. The molecule has 0 spiro atoms. The van der Waals surface area contributed by atoms with Crippen LogP contribution in [0.2, 0.25) is 0 Å². The third kappa shape index (κ3) is 3.46. The van der Waals surface area contributed by atoms with Crippen molar-refractivity contribution in [3.63, 3.8) is 0 Å². The zero-order chi connectivity index (χ0) is 24.7. The summed E-state index contributed by atoms with van der Waals surface area (Å²) in [6.07, 6.45) is -4.68. The van der Waals surface area contributed by atoms with Gasteiger partial charge >= 0.3 is 6.18 Å². The fraction of sp³-hybridized carbons (Fsp3) is 0.167. The van der Waals surface area contributed by atoms with E-state index in [0.717, 1.165) is 16.8 Å². The number of fused-ring (bicyclic) bond motifs is 11. The lowest BCUT2D eigenvalue weighted by Gasteiger charge is -2.25. The standard InChI is InChI=1S/C24H15F5N5P/c1-23(2)16-6-3-5-12(30-16)21-14(10-19(25)32-22(21)26)35-11-15(35)13-9-18(24(27,28)29)33-34(13)20-8-4-7-17(23)31-20/h3-11H,1-2H3. The average Bonchev–Trinajstić information content (AvgIpc) is 3.46. The minimum absolute atomic E-state index is 0.0300. The summed E-state index contributed by atoms with van der Waals surface area (Å²) >= 11 is 0. The number of hydrogen-bond acceptors (Lipinski definition) is 4. The minimum atomic E-state index is -4.68. The highest BCUT2D eigenvalue weighted by molar-refractivity contribution is 7.86. The molecule has 0 N–H and O–H groups in total. The summed E-state index contributed by atoms with van der Waals surface area (Å²) < 4.78 is 71.3. The van der Waals surface area contributed by atoms with Crippen LogP contribution >= 0.6 is 7.92 Å². The van der Waals surface area contributed by atoms with Crippen molar-refractivity contribution >= 4 is 18.5 Å². The zero-order valence-electron chi connectivity index (χ0n) is 18.3. The fourth-order valence-electron chi connectivity index (χ4n) is 4.20. The monoisotopic (exact) mass is 499 g/mol. The van der Waals surface area contributed by atoms with Crippen LogP contribution in [0.25, 0.3) is 22.4 Å². The van der Waals surface area contributed by atoms with Gasteiger partial charge in [0.25, 0.3) is 0 Å². The van der Waals surface area contributed by atoms with Gasteiger partial charge in [0.2, 0.25) is 11.9 Å². The molecule has 1 unspecified atom stereocenters. The van der Waals surface area contributed by atoms with E-state index < -0.39 is 37.1 Å². The van der Waals surface area contributed by atoms with Gasteiger partial charge in [0.15, 0.2) is 11.5 Å². The molecule has 2 aliphatic heterocycles. The lowest BCUT2D eigenvalue weighted by atomic mass is 9.84. The van der Waals surface area contributed by atoms with E-state index in [-0.39, 0.29) is 22.8 Å². The molecule has 0 aliphatic carbocycles. The van der Waals surface area contributed by atoms with Crippen LogP contribution in [-0.4, -0.2) is 24.7 Å². The predicted molar refractivity (Wildman–Crippen MR) is 120 cm³/mol. The van der Waals surface area contributed by atoms with Gasteiger partial charge in [-0.05, 0) is 57.9 Å². The molecule has 6 heterocycles. The van der Waals surface area contributed by atoms with Gasteiger partial charge in [0.1, 0.15) is 0 Å². The lowest BCUT2D eigenvalue weighted by molar-refractivity contribution is -0.141.